The van der Waals surface area contributed by atoms with Gasteiger partial charge < -0.3 is 4.98 Å². The second-order valence-electron chi connectivity index (χ2n) is 3.39. The third-order valence-electron chi connectivity index (χ3n) is 2.43. The zero-order valence-electron chi connectivity index (χ0n) is 9.09. The van der Waals surface area contributed by atoms with E-state index >= 15 is 0 Å². The van der Waals surface area contributed by atoms with Gasteiger partial charge in [0, 0.05) is 25.4 Å². The summed E-state index contributed by atoms with van der Waals surface area (Å²) in [4.78, 5) is 11.4. The Labute approximate surface area is 93.1 Å². The molecular formula is C9H15N7. The van der Waals surface area contributed by atoms with Gasteiger partial charge in [0.15, 0.2) is 0 Å². The van der Waals surface area contributed by atoms with Gasteiger partial charge in [-0.05, 0) is 6.92 Å². The highest BCUT2D eigenvalue weighted by Gasteiger charge is 2.15. The van der Waals surface area contributed by atoms with Crippen molar-refractivity contribution in [3.63, 3.8) is 0 Å². The van der Waals surface area contributed by atoms with Gasteiger partial charge in [-0.25, -0.2) is 15.4 Å². The van der Waals surface area contributed by atoms with E-state index < -0.39 is 0 Å². The van der Waals surface area contributed by atoms with Crippen LogP contribution in [0.15, 0.2) is 18.7 Å². The number of hydrazine groups is 1. The Balaban J connectivity index is 2.13. The molecule has 0 aliphatic heterocycles. The lowest BCUT2D eigenvalue weighted by Gasteiger charge is -2.12. The summed E-state index contributed by atoms with van der Waals surface area (Å²) in [6, 6.07) is -0.0792. The van der Waals surface area contributed by atoms with Gasteiger partial charge in [0.1, 0.15) is 18.0 Å². The number of nitrogens with zero attached hydrogens (tertiary/aromatic N) is 4. The Morgan fingerprint density at radius 2 is 2.44 bits per heavy atom. The number of aromatic nitrogens is 5. The van der Waals surface area contributed by atoms with Crippen LogP contribution in [0.2, 0.25) is 0 Å². The summed E-state index contributed by atoms with van der Waals surface area (Å²) in [6.07, 6.45) is 5.67. The van der Waals surface area contributed by atoms with Crippen LogP contribution >= 0.6 is 0 Å². The molecule has 2 heterocycles. The highest BCUT2D eigenvalue weighted by Crippen LogP contribution is 2.11. The number of rotatable bonds is 5. The van der Waals surface area contributed by atoms with E-state index in [4.69, 9.17) is 5.84 Å². The molecule has 0 spiro atoms. The van der Waals surface area contributed by atoms with Crippen molar-refractivity contribution >= 4 is 0 Å². The van der Waals surface area contributed by atoms with E-state index in [0.717, 1.165) is 18.2 Å². The number of H-pyrrole nitrogens is 1. The number of hydrogen-bond donors (Lipinski definition) is 3. The van der Waals surface area contributed by atoms with Crippen LogP contribution in [0.5, 0.6) is 0 Å². The van der Waals surface area contributed by atoms with Gasteiger partial charge in [0.2, 0.25) is 0 Å². The van der Waals surface area contributed by atoms with E-state index in [1.54, 1.807) is 18.7 Å². The smallest absolute Gasteiger partial charge is 0.138 e. The predicted molar refractivity (Wildman–Crippen MR) is 58.1 cm³/mol. The molecule has 0 bridgehead atoms. The van der Waals surface area contributed by atoms with Crippen molar-refractivity contribution in [1.29, 1.82) is 0 Å². The first kappa shape index (κ1) is 10.8. The molecule has 2 aromatic heterocycles. The molecule has 0 saturated heterocycles. The lowest BCUT2D eigenvalue weighted by molar-refractivity contribution is 0.493. The highest BCUT2D eigenvalue weighted by atomic mass is 15.3. The van der Waals surface area contributed by atoms with E-state index in [1.165, 1.54) is 0 Å². The summed E-state index contributed by atoms with van der Waals surface area (Å²) in [5.74, 6) is 7.19. The molecule has 7 nitrogen and oxygen atoms in total. The highest BCUT2D eigenvalue weighted by molar-refractivity contribution is 5.00. The molecule has 0 aliphatic rings. The molecule has 16 heavy (non-hydrogen) atoms. The first-order valence-electron chi connectivity index (χ1n) is 5.17. The van der Waals surface area contributed by atoms with Gasteiger partial charge in [-0.2, -0.15) is 5.10 Å². The monoisotopic (exact) mass is 221 g/mol. The van der Waals surface area contributed by atoms with E-state index in [0.29, 0.717) is 6.42 Å². The Morgan fingerprint density at radius 1 is 1.56 bits per heavy atom. The van der Waals surface area contributed by atoms with Crippen molar-refractivity contribution < 1.29 is 0 Å². The van der Waals surface area contributed by atoms with Crippen LogP contribution in [-0.4, -0.2) is 24.7 Å². The van der Waals surface area contributed by atoms with Crippen molar-refractivity contribution in [1.82, 2.24) is 30.2 Å². The molecule has 2 aromatic rings. The molecule has 0 saturated carbocycles. The van der Waals surface area contributed by atoms with E-state index in [2.05, 4.69) is 25.5 Å². The van der Waals surface area contributed by atoms with Crippen LogP contribution in [0, 0.1) is 0 Å². The van der Waals surface area contributed by atoms with Crippen molar-refractivity contribution in [3.8, 4) is 0 Å². The number of aromatic amines is 1. The molecule has 0 aliphatic carbocycles. The molecule has 0 fully saturated rings. The van der Waals surface area contributed by atoms with Crippen LogP contribution in [-0.2, 0) is 13.0 Å². The van der Waals surface area contributed by atoms with Gasteiger partial charge in [0.05, 0.1) is 6.04 Å². The fourth-order valence-corrected chi connectivity index (χ4v) is 1.60. The zero-order valence-corrected chi connectivity index (χ0v) is 9.09. The first-order chi connectivity index (χ1) is 7.85. The van der Waals surface area contributed by atoms with Crippen LogP contribution in [0.25, 0.3) is 0 Å². The van der Waals surface area contributed by atoms with Crippen molar-refractivity contribution in [2.24, 2.45) is 5.84 Å². The van der Waals surface area contributed by atoms with Crippen molar-refractivity contribution in [2.75, 3.05) is 0 Å². The van der Waals surface area contributed by atoms with Crippen LogP contribution < -0.4 is 11.3 Å². The maximum absolute atomic E-state index is 5.50. The van der Waals surface area contributed by atoms with Gasteiger partial charge >= 0.3 is 0 Å². The Bertz CT molecular complexity index is 419. The fourth-order valence-electron chi connectivity index (χ4n) is 1.60. The minimum absolute atomic E-state index is 0.0792. The van der Waals surface area contributed by atoms with Gasteiger partial charge in [-0.15, -0.1) is 0 Å². The molecule has 7 heteroatoms. The molecule has 2 rings (SSSR count). The molecule has 0 amide bonds. The summed E-state index contributed by atoms with van der Waals surface area (Å²) in [5, 5.41) is 4.11. The largest absolute Gasteiger partial charge is 0.347 e. The normalized spacial score (nSPS) is 12.9. The third-order valence-corrected chi connectivity index (χ3v) is 2.43. The summed E-state index contributed by atoms with van der Waals surface area (Å²) in [7, 11) is 0. The molecule has 1 unspecified atom stereocenters. The van der Waals surface area contributed by atoms with Gasteiger partial charge in [-0.3, -0.25) is 10.5 Å². The SMILES string of the molecule is CCn1ncnc1CC(NN)c1ncc[nH]1. The average molecular weight is 221 g/mol. The quantitative estimate of drug-likeness (QED) is 0.478. The number of nitrogens with two attached hydrogens (primary N) is 1. The van der Waals surface area contributed by atoms with E-state index in [1.807, 2.05) is 11.6 Å². The molecule has 1 atom stereocenters. The van der Waals surface area contributed by atoms with Crippen LogP contribution in [0.1, 0.15) is 24.6 Å². The lowest BCUT2D eigenvalue weighted by atomic mass is 10.2. The van der Waals surface area contributed by atoms with E-state index in [-0.39, 0.29) is 6.04 Å². The minimum Gasteiger partial charge on any atom is -0.347 e. The number of aryl methyl sites for hydroxylation is 1. The molecular weight excluding hydrogens is 206 g/mol. The molecule has 0 radical (unpaired) electrons. The van der Waals surface area contributed by atoms with Crippen LogP contribution in [0.4, 0.5) is 0 Å². The van der Waals surface area contributed by atoms with Gasteiger partial charge in [-0.1, -0.05) is 0 Å². The number of nitrogens with one attached hydrogen (secondary N) is 2. The van der Waals surface area contributed by atoms with Crippen molar-refractivity contribution in [3.05, 3.63) is 30.4 Å². The standard InChI is InChI=1S/C9H15N7/c1-2-16-8(13-6-14-16)5-7(15-10)9-11-3-4-12-9/h3-4,6-7,15H,2,5,10H2,1H3,(H,11,12). The van der Waals surface area contributed by atoms with Crippen molar-refractivity contribution in [2.45, 2.75) is 25.9 Å². The fraction of sp³-hybridized carbons (Fsp3) is 0.444. The topological polar surface area (TPSA) is 97.4 Å². The molecule has 4 N–H and O–H groups in total. The minimum atomic E-state index is -0.0792. The predicted octanol–water partition coefficient (Wildman–Crippen LogP) is -0.232. The molecule has 0 aromatic carbocycles. The molecule has 86 valence electrons. The lowest BCUT2D eigenvalue weighted by Crippen LogP contribution is -2.31. The number of imidazole rings is 1. The Hall–Kier alpha value is -1.73. The van der Waals surface area contributed by atoms with Gasteiger partial charge in [0.25, 0.3) is 0 Å². The maximum atomic E-state index is 5.50. The Kier molecular flexibility index (Phi) is 3.28. The second kappa shape index (κ2) is 4.86. The summed E-state index contributed by atoms with van der Waals surface area (Å²) in [5.41, 5.74) is 2.72. The second-order valence-corrected chi connectivity index (χ2v) is 3.39. The zero-order chi connectivity index (χ0) is 11.4. The third kappa shape index (κ3) is 2.10. The summed E-state index contributed by atoms with van der Waals surface area (Å²) < 4.78 is 1.84. The van der Waals surface area contributed by atoms with E-state index in [9.17, 15) is 0 Å². The summed E-state index contributed by atoms with van der Waals surface area (Å²) in [6.45, 7) is 2.82. The average Bonchev–Trinajstić information content (AvgIpc) is 2.96. The number of hydrogen-bond acceptors (Lipinski definition) is 5. The maximum Gasteiger partial charge on any atom is 0.138 e. The summed E-state index contributed by atoms with van der Waals surface area (Å²) >= 11 is 0. The first-order valence-corrected chi connectivity index (χ1v) is 5.17. The van der Waals surface area contributed by atoms with Crippen LogP contribution in [0.3, 0.4) is 0 Å². The Morgan fingerprint density at radius 3 is 3.06 bits per heavy atom.